The maximum atomic E-state index is 12.7. The highest BCUT2D eigenvalue weighted by Gasteiger charge is 2.17. The summed E-state index contributed by atoms with van der Waals surface area (Å²) >= 11 is 0. The van der Waals surface area contributed by atoms with Gasteiger partial charge >= 0.3 is 5.97 Å². The number of unbranched alkanes of at least 4 members (excludes halogenated alkanes) is 2. The second-order valence-electron chi connectivity index (χ2n) is 6.02. The number of carbonyl (C=O) groups excluding carboxylic acids is 2. The monoisotopic (exact) mass is 335 g/mol. The van der Waals surface area contributed by atoms with E-state index in [9.17, 15) is 9.59 Å². The predicted molar refractivity (Wildman–Crippen MR) is 94.3 cm³/mol. The van der Waals surface area contributed by atoms with Gasteiger partial charge in [0.25, 0.3) is 5.91 Å². The Bertz CT molecular complexity index is 511. The van der Waals surface area contributed by atoms with E-state index in [-0.39, 0.29) is 24.4 Å². The van der Waals surface area contributed by atoms with E-state index in [0.717, 1.165) is 25.0 Å². The Morgan fingerprint density at radius 2 is 1.75 bits per heavy atom. The smallest absolute Gasteiger partial charge is 0.307 e. The molecule has 1 aromatic carbocycles. The Balaban J connectivity index is 2.75. The lowest BCUT2D eigenvalue weighted by atomic mass is 10.1. The minimum atomic E-state index is -0.302. The van der Waals surface area contributed by atoms with Crippen molar-refractivity contribution in [3.05, 3.63) is 29.8 Å². The van der Waals surface area contributed by atoms with E-state index in [1.165, 1.54) is 7.11 Å². The lowest BCUT2D eigenvalue weighted by molar-refractivity contribution is -0.140. The molecule has 0 N–H and O–H groups in total. The number of esters is 1. The van der Waals surface area contributed by atoms with Crippen LogP contribution in [-0.4, -0.2) is 43.1 Å². The van der Waals surface area contributed by atoms with Crippen molar-refractivity contribution in [2.75, 3.05) is 20.2 Å². The van der Waals surface area contributed by atoms with Crippen LogP contribution in [0.5, 0.6) is 5.75 Å². The zero-order chi connectivity index (χ0) is 17.9. The van der Waals surface area contributed by atoms with Gasteiger partial charge in [-0.25, -0.2) is 0 Å². The number of carbonyl (C=O) groups is 2. The highest BCUT2D eigenvalue weighted by Crippen LogP contribution is 2.16. The van der Waals surface area contributed by atoms with Gasteiger partial charge in [-0.1, -0.05) is 19.8 Å². The summed E-state index contributed by atoms with van der Waals surface area (Å²) < 4.78 is 10.3. The lowest BCUT2D eigenvalue weighted by Crippen LogP contribution is -2.34. The van der Waals surface area contributed by atoms with E-state index in [2.05, 4.69) is 11.7 Å². The van der Waals surface area contributed by atoms with Crippen molar-refractivity contribution in [1.29, 1.82) is 0 Å². The van der Waals surface area contributed by atoms with Crippen LogP contribution in [-0.2, 0) is 9.53 Å². The molecule has 0 heterocycles. The highest BCUT2D eigenvalue weighted by atomic mass is 16.5. The summed E-state index contributed by atoms with van der Waals surface area (Å²) in [6.45, 7) is 7.06. The average Bonchev–Trinajstić information content (AvgIpc) is 2.57. The van der Waals surface area contributed by atoms with E-state index in [4.69, 9.17) is 4.74 Å². The number of amides is 1. The predicted octanol–water partition coefficient (Wildman–Crippen LogP) is 3.67. The van der Waals surface area contributed by atoms with Crippen LogP contribution in [0.3, 0.4) is 0 Å². The van der Waals surface area contributed by atoms with Crippen molar-refractivity contribution in [2.45, 2.75) is 52.6 Å². The summed E-state index contributed by atoms with van der Waals surface area (Å²) in [6, 6.07) is 7.14. The molecule has 1 amide bonds. The van der Waals surface area contributed by atoms with Gasteiger partial charge in [0, 0.05) is 18.7 Å². The van der Waals surface area contributed by atoms with Gasteiger partial charge in [0.1, 0.15) is 5.75 Å². The first kappa shape index (κ1) is 20.0. The number of hydrogen-bond acceptors (Lipinski definition) is 4. The van der Waals surface area contributed by atoms with Gasteiger partial charge in [-0.15, -0.1) is 0 Å². The zero-order valence-corrected chi connectivity index (χ0v) is 15.2. The summed E-state index contributed by atoms with van der Waals surface area (Å²) in [7, 11) is 1.36. The van der Waals surface area contributed by atoms with Crippen LogP contribution in [0.1, 0.15) is 56.8 Å². The maximum absolute atomic E-state index is 12.7. The number of methoxy groups -OCH3 is 1. The van der Waals surface area contributed by atoms with Crippen LogP contribution in [0.4, 0.5) is 0 Å². The minimum Gasteiger partial charge on any atom is -0.491 e. The molecule has 0 spiro atoms. The molecule has 0 aromatic heterocycles. The third-order valence-corrected chi connectivity index (χ3v) is 3.61. The molecule has 1 rings (SSSR count). The van der Waals surface area contributed by atoms with Gasteiger partial charge in [-0.3, -0.25) is 9.59 Å². The van der Waals surface area contributed by atoms with E-state index in [1.54, 1.807) is 29.2 Å². The average molecular weight is 335 g/mol. The third kappa shape index (κ3) is 7.02. The Morgan fingerprint density at radius 3 is 2.29 bits per heavy atom. The van der Waals surface area contributed by atoms with Crippen molar-refractivity contribution in [2.24, 2.45) is 0 Å². The van der Waals surface area contributed by atoms with Crippen LogP contribution < -0.4 is 4.74 Å². The Hall–Kier alpha value is -2.04. The fraction of sp³-hybridized carbons (Fsp3) is 0.579. The summed E-state index contributed by atoms with van der Waals surface area (Å²) in [5, 5.41) is 0. The van der Waals surface area contributed by atoms with Gasteiger partial charge in [0.05, 0.1) is 19.6 Å². The van der Waals surface area contributed by atoms with Crippen LogP contribution >= 0.6 is 0 Å². The fourth-order valence-corrected chi connectivity index (χ4v) is 2.33. The Kier molecular flexibility index (Phi) is 8.90. The van der Waals surface area contributed by atoms with Crippen molar-refractivity contribution in [3.63, 3.8) is 0 Å². The fourth-order valence-electron chi connectivity index (χ4n) is 2.33. The lowest BCUT2D eigenvalue weighted by Gasteiger charge is -2.22. The maximum Gasteiger partial charge on any atom is 0.307 e. The molecule has 0 radical (unpaired) electrons. The number of nitrogens with zero attached hydrogens (tertiary/aromatic N) is 1. The summed E-state index contributed by atoms with van der Waals surface area (Å²) in [4.78, 5) is 25.8. The second kappa shape index (κ2) is 10.7. The molecular formula is C19H29NO4. The molecule has 0 bridgehead atoms. The molecule has 0 aliphatic rings. The normalized spacial score (nSPS) is 10.5. The van der Waals surface area contributed by atoms with Crippen LogP contribution in [0, 0.1) is 0 Å². The second-order valence-corrected chi connectivity index (χ2v) is 6.02. The van der Waals surface area contributed by atoms with E-state index in [1.807, 2.05) is 13.8 Å². The van der Waals surface area contributed by atoms with E-state index in [0.29, 0.717) is 18.7 Å². The molecule has 0 saturated heterocycles. The quantitative estimate of drug-likeness (QED) is 0.483. The molecule has 5 heteroatoms. The van der Waals surface area contributed by atoms with E-state index >= 15 is 0 Å². The van der Waals surface area contributed by atoms with Crippen LogP contribution in [0.2, 0.25) is 0 Å². The molecule has 0 fully saturated rings. The first-order valence-electron chi connectivity index (χ1n) is 8.60. The largest absolute Gasteiger partial charge is 0.491 e. The first-order valence-corrected chi connectivity index (χ1v) is 8.60. The summed E-state index contributed by atoms with van der Waals surface area (Å²) in [5.41, 5.74) is 0.604. The molecule has 0 aliphatic carbocycles. The third-order valence-electron chi connectivity index (χ3n) is 3.61. The van der Waals surface area contributed by atoms with E-state index < -0.39 is 0 Å². The van der Waals surface area contributed by atoms with Crippen molar-refractivity contribution in [3.8, 4) is 5.75 Å². The van der Waals surface area contributed by atoms with Crippen LogP contribution in [0.25, 0.3) is 0 Å². The summed E-state index contributed by atoms with van der Waals surface area (Å²) in [5.74, 6) is 0.378. The molecule has 0 unspecified atom stereocenters. The van der Waals surface area contributed by atoms with Crippen molar-refractivity contribution >= 4 is 11.9 Å². The summed E-state index contributed by atoms with van der Waals surface area (Å²) in [6.07, 6.45) is 3.38. The van der Waals surface area contributed by atoms with Gasteiger partial charge < -0.3 is 14.4 Å². The van der Waals surface area contributed by atoms with Crippen molar-refractivity contribution < 1.29 is 19.1 Å². The Morgan fingerprint density at radius 1 is 1.08 bits per heavy atom. The zero-order valence-electron chi connectivity index (χ0n) is 15.2. The highest BCUT2D eigenvalue weighted by molar-refractivity contribution is 5.94. The van der Waals surface area contributed by atoms with Crippen LogP contribution in [0.15, 0.2) is 24.3 Å². The topological polar surface area (TPSA) is 55.8 Å². The molecular weight excluding hydrogens is 306 g/mol. The molecule has 24 heavy (non-hydrogen) atoms. The first-order chi connectivity index (χ1) is 11.5. The molecule has 1 aromatic rings. The van der Waals surface area contributed by atoms with Gasteiger partial charge in [0.2, 0.25) is 0 Å². The molecule has 5 nitrogen and oxygen atoms in total. The Labute approximate surface area is 144 Å². The standard InChI is InChI=1S/C19H29NO4/c1-5-6-7-13-20(14-12-18(21)23-4)19(22)16-8-10-17(11-9-16)24-15(2)3/h8-11,15H,5-7,12-14H2,1-4H3. The molecule has 0 atom stereocenters. The van der Waals surface area contributed by atoms with Crippen molar-refractivity contribution in [1.82, 2.24) is 4.90 Å². The molecule has 0 aliphatic heterocycles. The molecule has 134 valence electrons. The van der Waals surface area contributed by atoms with Gasteiger partial charge in [-0.05, 0) is 44.5 Å². The minimum absolute atomic E-state index is 0.0638. The van der Waals surface area contributed by atoms with Gasteiger partial charge in [-0.2, -0.15) is 0 Å². The number of ether oxygens (including phenoxy) is 2. The molecule has 0 saturated carbocycles. The number of rotatable bonds is 10. The number of benzene rings is 1. The number of hydrogen-bond donors (Lipinski definition) is 0. The SMILES string of the molecule is CCCCCN(CCC(=O)OC)C(=O)c1ccc(OC(C)C)cc1. The van der Waals surface area contributed by atoms with Gasteiger partial charge in [0.15, 0.2) is 0 Å².